The molecular formula is C28H19NOSi. The summed E-state index contributed by atoms with van der Waals surface area (Å²) in [4.78, 5) is 0. The van der Waals surface area contributed by atoms with E-state index in [1.807, 2.05) is 0 Å². The second kappa shape index (κ2) is 6.09. The molecule has 146 valence electrons. The highest BCUT2D eigenvalue weighted by atomic mass is 28.4. The van der Waals surface area contributed by atoms with Crippen molar-refractivity contribution >= 4 is 51.1 Å². The van der Waals surface area contributed by atoms with Gasteiger partial charge in [0.05, 0.1) is 11.0 Å². The number of benzene rings is 4. The lowest BCUT2D eigenvalue weighted by atomic mass is 10.1. The van der Waals surface area contributed by atoms with Gasteiger partial charge in [0.2, 0.25) is 0 Å². The van der Waals surface area contributed by atoms with Crippen molar-refractivity contribution in [3.05, 3.63) is 115 Å². The van der Waals surface area contributed by atoms with Crippen molar-refractivity contribution in [3.8, 4) is 5.88 Å². The largest absolute Gasteiger partial charge is 0.518 e. The van der Waals surface area contributed by atoms with Crippen LogP contribution in [0.2, 0.25) is 0 Å². The third kappa shape index (κ3) is 2.11. The number of fused-ring (bicyclic) bond motifs is 3. The zero-order valence-corrected chi connectivity index (χ0v) is 17.8. The number of aromatic nitrogens is 1. The van der Waals surface area contributed by atoms with Crippen LogP contribution in [-0.2, 0) is 0 Å². The van der Waals surface area contributed by atoms with Crippen LogP contribution in [0.1, 0.15) is 0 Å². The first-order valence-corrected chi connectivity index (χ1v) is 12.5. The van der Waals surface area contributed by atoms with Crippen LogP contribution in [0.25, 0.3) is 27.2 Å². The van der Waals surface area contributed by atoms with Gasteiger partial charge in [-0.3, -0.25) is 4.40 Å². The summed E-state index contributed by atoms with van der Waals surface area (Å²) in [5.41, 5.74) is 2.48. The van der Waals surface area contributed by atoms with E-state index in [1.54, 1.807) is 0 Å². The number of hydrogen-bond donors (Lipinski definition) is 0. The lowest BCUT2D eigenvalue weighted by Crippen LogP contribution is -2.72. The number of hydrogen-bond acceptors (Lipinski definition) is 1. The summed E-state index contributed by atoms with van der Waals surface area (Å²) in [7, 11) is -2.73. The molecule has 1 aliphatic heterocycles. The molecule has 2 nitrogen and oxygen atoms in total. The van der Waals surface area contributed by atoms with Gasteiger partial charge < -0.3 is 4.43 Å². The van der Waals surface area contributed by atoms with E-state index in [9.17, 15) is 0 Å². The van der Waals surface area contributed by atoms with E-state index in [0.717, 1.165) is 5.88 Å². The highest BCUT2D eigenvalue weighted by Crippen LogP contribution is 2.36. The Balaban J connectivity index is 1.73. The van der Waals surface area contributed by atoms with Gasteiger partial charge in [-0.2, -0.15) is 0 Å². The predicted octanol–water partition coefficient (Wildman–Crippen LogP) is 4.61. The maximum Gasteiger partial charge on any atom is 0.350 e. The quantitative estimate of drug-likeness (QED) is 0.299. The molecule has 2 aromatic heterocycles. The molecule has 0 spiro atoms. The van der Waals surface area contributed by atoms with Crippen LogP contribution < -0.4 is 20.0 Å². The Hall–Kier alpha value is -3.82. The molecule has 0 bridgehead atoms. The zero-order chi connectivity index (χ0) is 20.4. The van der Waals surface area contributed by atoms with Crippen LogP contribution in [0.4, 0.5) is 0 Å². The van der Waals surface area contributed by atoms with Gasteiger partial charge >= 0.3 is 8.32 Å². The minimum atomic E-state index is -2.73. The second-order valence-corrected chi connectivity index (χ2v) is 11.4. The van der Waals surface area contributed by atoms with E-state index < -0.39 is 8.32 Å². The van der Waals surface area contributed by atoms with Crippen LogP contribution in [0.3, 0.4) is 0 Å². The third-order valence-electron chi connectivity index (χ3n) is 6.60. The minimum Gasteiger partial charge on any atom is -0.518 e. The molecule has 4 aromatic carbocycles. The maximum absolute atomic E-state index is 7.14. The number of nitrogens with zero attached hydrogens (tertiary/aromatic N) is 1. The number of pyridine rings is 1. The fourth-order valence-corrected chi connectivity index (χ4v) is 9.33. The summed E-state index contributed by atoms with van der Waals surface area (Å²) in [6.07, 6.45) is 0. The molecule has 6 aromatic rings. The molecule has 0 amide bonds. The Labute approximate surface area is 181 Å². The van der Waals surface area contributed by atoms with Crippen molar-refractivity contribution in [2.24, 2.45) is 0 Å². The molecule has 7 rings (SSSR count). The highest BCUT2D eigenvalue weighted by molar-refractivity contribution is 7.08. The minimum absolute atomic E-state index is 0.934. The van der Waals surface area contributed by atoms with Crippen molar-refractivity contribution in [2.75, 3.05) is 0 Å². The molecule has 0 fully saturated rings. The first-order valence-electron chi connectivity index (χ1n) is 10.6. The van der Waals surface area contributed by atoms with E-state index in [2.05, 4.69) is 120 Å². The molecule has 3 heterocycles. The van der Waals surface area contributed by atoms with E-state index in [-0.39, 0.29) is 0 Å². The molecule has 0 saturated carbocycles. The Morgan fingerprint density at radius 1 is 0.516 bits per heavy atom. The van der Waals surface area contributed by atoms with E-state index >= 15 is 0 Å². The first kappa shape index (κ1) is 16.9. The Morgan fingerprint density at radius 3 is 1.84 bits per heavy atom. The predicted molar refractivity (Wildman–Crippen MR) is 131 cm³/mol. The summed E-state index contributed by atoms with van der Waals surface area (Å²) in [6.45, 7) is 0. The Bertz CT molecular complexity index is 1560. The van der Waals surface area contributed by atoms with Crippen LogP contribution in [0, 0.1) is 0 Å². The number of rotatable bonds is 2. The van der Waals surface area contributed by atoms with E-state index in [4.69, 9.17) is 4.43 Å². The van der Waals surface area contributed by atoms with Gasteiger partial charge in [-0.15, -0.1) is 0 Å². The normalized spacial score (nSPS) is 14.3. The average Bonchev–Trinajstić information content (AvgIpc) is 3.29. The number of para-hydroxylation sites is 1. The molecule has 31 heavy (non-hydrogen) atoms. The molecular weight excluding hydrogens is 394 g/mol. The standard InChI is InChI=1S/C28H19NOSi/c1-3-10-20(11-4-1)31(21-12-5-2-6-13-21)26-17-9-16-24-22-14-7-8-15-23(22)25-18-19-27(30-31)29(25)28(24)26/h1-19H. The summed E-state index contributed by atoms with van der Waals surface area (Å²) < 4.78 is 9.47. The van der Waals surface area contributed by atoms with Crippen molar-refractivity contribution in [1.82, 2.24) is 4.40 Å². The lowest BCUT2D eigenvalue weighted by Gasteiger charge is -2.37. The van der Waals surface area contributed by atoms with Crippen molar-refractivity contribution < 1.29 is 4.43 Å². The van der Waals surface area contributed by atoms with Crippen LogP contribution >= 0.6 is 0 Å². The molecule has 1 aliphatic rings. The molecule has 0 atom stereocenters. The smallest absolute Gasteiger partial charge is 0.350 e. The molecule has 0 aliphatic carbocycles. The summed E-state index contributed by atoms with van der Waals surface area (Å²) in [6, 6.07) is 41.4. The maximum atomic E-state index is 7.14. The molecule has 0 unspecified atom stereocenters. The lowest BCUT2D eigenvalue weighted by molar-refractivity contribution is 0.544. The van der Waals surface area contributed by atoms with Crippen LogP contribution in [0.15, 0.2) is 115 Å². The van der Waals surface area contributed by atoms with Crippen molar-refractivity contribution in [3.63, 3.8) is 0 Å². The molecule has 0 saturated heterocycles. The van der Waals surface area contributed by atoms with Gasteiger partial charge in [-0.25, -0.2) is 0 Å². The Morgan fingerprint density at radius 2 is 1.13 bits per heavy atom. The second-order valence-electron chi connectivity index (χ2n) is 8.15. The van der Waals surface area contributed by atoms with Crippen molar-refractivity contribution in [2.45, 2.75) is 0 Å². The van der Waals surface area contributed by atoms with Gasteiger partial charge in [-0.05, 0) is 27.9 Å². The van der Waals surface area contributed by atoms with Gasteiger partial charge in [0.25, 0.3) is 0 Å². The zero-order valence-electron chi connectivity index (χ0n) is 16.8. The summed E-state index contributed by atoms with van der Waals surface area (Å²) in [5, 5.41) is 7.68. The van der Waals surface area contributed by atoms with Gasteiger partial charge in [0.1, 0.15) is 0 Å². The SMILES string of the molecule is c1ccc([Si]2(c3ccccc3)Oc3ccc4c5ccccc5c5cccc2c5n34)cc1. The monoisotopic (exact) mass is 413 g/mol. The van der Waals surface area contributed by atoms with Crippen LogP contribution in [-0.4, -0.2) is 12.7 Å². The topological polar surface area (TPSA) is 13.6 Å². The Kier molecular flexibility index (Phi) is 3.33. The van der Waals surface area contributed by atoms with E-state index in [0.29, 0.717) is 0 Å². The van der Waals surface area contributed by atoms with Gasteiger partial charge in [0.15, 0.2) is 5.88 Å². The van der Waals surface area contributed by atoms with Gasteiger partial charge in [-0.1, -0.05) is 103 Å². The van der Waals surface area contributed by atoms with Gasteiger partial charge in [0, 0.05) is 16.0 Å². The molecule has 0 N–H and O–H groups in total. The molecule has 0 radical (unpaired) electrons. The average molecular weight is 414 g/mol. The fraction of sp³-hybridized carbons (Fsp3) is 0. The third-order valence-corrected chi connectivity index (χ3v) is 10.6. The summed E-state index contributed by atoms with van der Waals surface area (Å²) >= 11 is 0. The van der Waals surface area contributed by atoms with Crippen molar-refractivity contribution in [1.29, 1.82) is 0 Å². The molecule has 3 heteroatoms. The van der Waals surface area contributed by atoms with E-state index in [1.165, 1.54) is 42.8 Å². The van der Waals surface area contributed by atoms with Crippen LogP contribution in [0.5, 0.6) is 5.88 Å². The fourth-order valence-electron chi connectivity index (χ4n) is 5.32. The highest BCUT2D eigenvalue weighted by Gasteiger charge is 2.48. The first-order chi connectivity index (χ1) is 15.4. The summed E-state index contributed by atoms with van der Waals surface area (Å²) in [5.74, 6) is 0.934.